The Bertz CT molecular complexity index is 920. The standard InChI is InChI=1S/C23H28N4O/c1-3-27-16-19(14-24-27)15-26-11-12-28-23(17-26)22-10-6-9-21(25-22)13-20-8-5-4-7-18(20)2/h4-10,14,16,23H,3,11-13,15,17H2,1-2H3/t23-/m0/s1. The maximum Gasteiger partial charge on any atom is 0.112 e. The van der Waals surface area contributed by atoms with E-state index in [0.717, 1.165) is 50.6 Å². The highest BCUT2D eigenvalue weighted by atomic mass is 16.5. The van der Waals surface area contributed by atoms with Crippen LogP contribution in [0, 0.1) is 6.92 Å². The minimum absolute atomic E-state index is 0.0202. The maximum absolute atomic E-state index is 6.06. The van der Waals surface area contributed by atoms with Crippen LogP contribution in [-0.4, -0.2) is 39.4 Å². The summed E-state index contributed by atoms with van der Waals surface area (Å²) in [6.45, 7) is 8.61. The molecule has 0 N–H and O–H groups in total. The van der Waals surface area contributed by atoms with Gasteiger partial charge in [-0.1, -0.05) is 30.3 Å². The van der Waals surface area contributed by atoms with Gasteiger partial charge < -0.3 is 4.74 Å². The Hall–Kier alpha value is -2.50. The third-order valence-electron chi connectivity index (χ3n) is 5.36. The number of nitrogens with zero attached hydrogens (tertiary/aromatic N) is 4. The normalized spacial score (nSPS) is 17.7. The number of benzene rings is 1. The predicted octanol–water partition coefficient (Wildman–Crippen LogP) is 3.77. The van der Waals surface area contributed by atoms with Gasteiger partial charge in [-0.15, -0.1) is 0 Å². The van der Waals surface area contributed by atoms with Crippen LogP contribution in [0.2, 0.25) is 0 Å². The summed E-state index contributed by atoms with van der Waals surface area (Å²) in [5.74, 6) is 0. The molecule has 0 amide bonds. The van der Waals surface area contributed by atoms with Gasteiger partial charge >= 0.3 is 0 Å². The zero-order chi connectivity index (χ0) is 19.3. The van der Waals surface area contributed by atoms with Gasteiger partial charge in [0.1, 0.15) is 6.10 Å². The van der Waals surface area contributed by atoms with Crippen LogP contribution in [-0.2, 0) is 24.2 Å². The third-order valence-corrected chi connectivity index (χ3v) is 5.36. The summed E-state index contributed by atoms with van der Waals surface area (Å²) in [6, 6.07) is 14.8. The second kappa shape index (κ2) is 8.67. The average molecular weight is 377 g/mol. The highest BCUT2D eigenvalue weighted by Gasteiger charge is 2.23. The summed E-state index contributed by atoms with van der Waals surface area (Å²) in [4.78, 5) is 7.35. The maximum atomic E-state index is 6.06. The summed E-state index contributed by atoms with van der Waals surface area (Å²) in [5.41, 5.74) is 6.01. The molecule has 1 aliphatic rings. The zero-order valence-corrected chi connectivity index (χ0v) is 16.7. The summed E-state index contributed by atoms with van der Waals surface area (Å²) >= 11 is 0. The first-order valence-corrected chi connectivity index (χ1v) is 10.1. The van der Waals surface area contributed by atoms with Crippen LogP contribution in [0.25, 0.3) is 0 Å². The molecule has 0 spiro atoms. The first-order valence-electron chi connectivity index (χ1n) is 10.1. The van der Waals surface area contributed by atoms with Crippen molar-refractivity contribution in [2.45, 2.75) is 39.5 Å². The van der Waals surface area contributed by atoms with Gasteiger partial charge in [-0.25, -0.2) is 0 Å². The summed E-state index contributed by atoms with van der Waals surface area (Å²) in [7, 11) is 0. The number of ether oxygens (including phenoxy) is 1. The van der Waals surface area contributed by atoms with Gasteiger partial charge in [0.25, 0.3) is 0 Å². The van der Waals surface area contributed by atoms with E-state index in [0.29, 0.717) is 0 Å². The molecule has 1 aliphatic heterocycles. The first kappa shape index (κ1) is 18.8. The van der Waals surface area contributed by atoms with Crippen molar-refractivity contribution in [2.24, 2.45) is 0 Å². The van der Waals surface area contributed by atoms with E-state index in [-0.39, 0.29) is 6.10 Å². The van der Waals surface area contributed by atoms with E-state index < -0.39 is 0 Å². The molecule has 0 aliphatic carbocycles. The largest absolute Gasteiger partial charge is 0.369 e. The molecule has 2 aromatic heterocycles. The van der Waals surface area contributed by atoms with Gasteiger partial charge in [-0.05, 0) is 37.1 Å². The molecule has 1 fully saturated rings. The van der Waals surface area contributed by atoms with Crippen molar-refractivity contribution in [3.8, 4) is 0 Å². The highest BCUT2D eigenvalue weighted by Crippen LogP contribution is 2.23. The number of rotatable bonds is 6. The molecule has 1 aromatic carbocycles. The van der Waals surface area contributed by atoms with Crippen LogP contribution in [0.5, 0.6) is 0 Å². The molecular formula is C23H28N4O. The molecule has 5 nitrogen and oxygen atoms in total. The fourth-order valence-corrected chi connectivity index (χ4v) is 3.72. The first-order chi connectivity index (χ1) is 13.7. The molecule has 146 valence electrons. The fourth-order valence-electron chi connectivity index (χ4n) is 3.72. The fraction of sp³-hybridized carbons (Fsp3) is 0.391. The molecule has 0 radical (unpaired) electrons. The van der Waals surface area contributed by atoms with Crippen LogP contribution >= 0.6 is 0 Å². The Morgan fingerprint density at radius 1 is 1.14 bits per heavy atom. The van der Waals surface area contributed by atoms with Crippen molar-refractivity contribution < 1.29 is 4.74 Å². The van der Waals surface area contributed by atoms with E-state index >= 15 is 0 Å². The lowest BCUT2D eigenvalue weighted by Crippen LogP contribution is -2.38. The quantitative estimate of drug-likeness (QED) is 0.657. The number of hydrogen-bond donors (Lipinski definition) is 0. The number of aryl methyl sites for hydroxylation is 2. The molecule has 5 heteroatoms. The monoisotopic (exact) mass is 376 g/mol. The van der Waals surface area contributed by atoms with Gasteiger partial charge in [0.15, 0.2) is 0 Å². The zero-order valence-electron chi connectivity index (χ0n) is 16.7. The van der Waals surface area contributed by atoms with Crippen LogP contribution in [0.15, 0.2) is 54.9 Å². The van der Waals surface area contributed by atoms with E-state index in [1.54, 1.807) is 0 Å². The summed E-state index contributed by atoms with van der Waals surface area (Å²) < 4.78 is 8.04. The smallest absolute Gasteiger partial charge is 0.112 e. The predicted molar refractivity (Wildman–Crippen MR) is 110 cm³/mol. The molecule has 1 atom stereocenters. The Balaban J connectivity index is 1.44. The van der Waals surface area contributed by atoms with Gasteiger partial charge in [-0.3, -0.25) is 14.6 Å². The molecule has 0 bridgehead atoms. The Labute approximate surface area is 167 Å². The molecule has 1 saturated heterocycles. The molecule has 0 saturated carbocycles. The van der Waals surface area contributed by atoms with E-state index in [1.807, 2.05) is 10.9 Å². The molecule has 3 heterocycles. The lowest BCUT2D eigenvalue weighted by atomic mass is 10.0. The third kappa shape index (κ3) is 4.49. The number of morpholine rings is 1. The van der Waals surface area contributed by atoms with Crippen molar-refractivity contribution in [2.75, 3.05) is 19.7 Å². The minimum Gasteiger partial charge on any atom is -0.369 e. The lowest BCUT2D eigenvalue weighted by Gasteiger charge is -2.32. The topological polar surface area (TPSA) is 43.2 Å². The van der Waals surface area contributed by atoms with Gasteiger partial charge in [0, 0.05) is 50.1 Å². The number of hydrogen-bond acceptors (Lipinski definition) is 4. The van der Waals surface area contributed by atoms with E-state index in [2.05, 4.69) is 72.5 Å². The lowest BCUT2D eigenvalue weighted by molar-refractivity contribution is -0.0350. The Kier molecular flexibility index (Phi) is 5.84. The van der Waals surface area contributed by atoms with E-state index in [4.69, 9.17) is 9.72 Å². The van der Waals surface area contributed by atoms with Gasteiger partial charge in [-0.2, -0.15) is 5.10 Å². The van der Waals surface area contributed by atoms with Crippen molar-refractivity contribution in [1.82, 2.24) is 19.7 Å². The summed E-state index contributed by atoms with van der Waals surface area (Å²) in [6.07, 6.45) is 4.97. The van der Waals surface area contributed by atoms with Crippen LogP contribution in [0.4, 0.5) is 0 Å². The minimum atomic E-state index is 0.0202. The van der Waals surface area contributed by atoms with Crippen molar-refractivity contribution in [1.29, 1.82) is 0 Å². The Morgan fingerprint density at radius 3 is 2.86 bits per heavy atom. The van der Waals surface area contributed by atoms with Crippen molar-refractivity contribution >= 4 is 0 Å². The summed E-state index contributed by atoms with van der Waals surface area (Å²) in [5, 5.41) is 4.38. The van der Waals surface area contributed by atoms with Gasteiger partial charge in [0.2, 0.25) is 0 Å². The van der Waals surface area contributed by atoms with E-state index in [1.165, 1.54) is 16.7 Å². The number of aromatic nitrogens is 3. The van der Waals surface area contributed by atoms with Crippen LogP contribution in [0.1, 0.15) is 41.1 Å². The highest BCUT2D eigenvalue weighted by molar-refractivity contribution is 5.30. The Morgan fingerprint density at radius 2 is 2.04 bits per heavy atom. The second-order valence-corrected chi connectivity index (χ2v) is 7.46. The van der Waals surface area contributed by atoms with Crippen molar-refractivity contribution in [3.63, 3.8) is 0 Å². The number of pyridine rings is 1. The van der Waals surface area contributed by atoms with E-state index in [9.17, 15) is 0 Å². The van der Waals surface area contributed by atoms with Crippen LogP contribution < -0.4 is 0 Å². The van der Waals surface area contributed by atoms with Crippen molar-refractivity contribution in [3.05, 3.63) is 82.9 Å². The second-order valence-electron chi connectivity index (χ2n) is 7.46. The average Bonchev–Trinajstić information content (AvgIpc) is 3.18. The van der Waals surface area contributed by atoms with Gasteiger partial charge in [0.05, 0.1) is 18.5 Å². The SMILES string of the molecule is CCn1cc(CN2CCO[C@H](c3cccc(Cc4ccccc4C)n3)C2)cn1. The molecule has 3 aromatic rings. The molecular weight excluding hydrogens is 348 g/mol. The van der Waals surface area contributed by atoms with Crippen LogP contribution in [0.3, 0.4) is 0 Å². The molecule has 4 rings (SSSR count). The molecule has 28 heavy (non-hydrogen) atoms. The molecule has 0 unspecified atom stereocenters.